The van der Waals surface area contributed by atoms with Crippen LogP contribution < -0.4 is 5.32 Å². The minimum absolute atomic E-state index is 0.0758. The molecule has 5 nitrogen and oxygen atoms in total. The van der Waals surface area contributed by atoms with Crippen molar-refractivity contribution in [2.24, 2.45) is 0 Å². The maximum atomic E-state index is 11.1. The highest BCUT2D eigenvalue weighted by atomic mass is 79.9. The molecule has 7 heteroatoms. The zero-order valence-electron chi connectivity index (χ0n) is 9.87. The largest absolute Gasteiger partial charge is 0.462 e. The molecule has 1 N–H and O–H groups in total. The summed E-state index contributed by atoms with van der Waals surface area (Å²) in [6.45, 7) is 4.82. The first-order valence-electron chi connectivity index (χ1n) is 5.25. The molecule has 0 radical (unpaired) electrons. The van der Waals surface area contributed by atoms with E-state index in [4.69, 9.17) is 9.47 Å². The van der Waals surface area contributed by atoms with Gasteiger partial charge in [-0.15, -0.1) is 0 Å². The molecule has 0 aliphatic carbocycles. The molecule has 0 saturated heterocycles. The number of carbonyl (C=O) groups excluding carboxylic acids is 2. The van der Waals surface area contributed by atoms with E-state index in [1.165, 1.54) is 0 Å². The monoisotopic (exact) mass is 373 g/mol. The van der Waals surface area contributed by atoms with Crippen LogP contribution in [0.15, 0.2) is 0 Å². The molecule has 0 aromatic carbocycles. The van der Waals surface area contributed by atoms with Crippen LogP contribution in [0.1, 0.15) is 13.8 Å². The summed E-state index contributed by atoms with van der Waals surface area (Å²) >= 11 is 6.24. The summed E-state index contributed by atoms with van der Waals surface area (Å²) in [5.74, 6) is -0.386. The Balaban J connectivity index is 3.30. The van der Waals surface area contributed by atoms with Crippen molar-refractivity contribution in [2.45, 2.75) is 23.5 Å². The van der Waals surface area contributed by atoms with Crippen molar-refractivity contribution in [3.05, 3.63) is 0 Å². The lowest BCUT2D eigenvalue weighted by Crippen LogP contribution is -2.32. The highest BCUT2D eigenvalue weighted by Crippen LogP contribution is 1.99. The van der Waals surface area contributed by atoms with Crippen molar-refractivity contribution in [1.82, 2.24) is 5.32 Å². The quantitative estimate of drug-likeness (QED) is 0.394. The van der Waals surface area contributed by atoms with Gasteiger partial charge in [0.05, 0.1) is 18.0 Å². The van der Waals surface area contributed by atoms with Gasteiger partial charge in [-0.3, -0.25) is 9.59 Å². The Hall–Kier alpha value is -0.140. The first kappa shape index (κ1) is 16.9. The molecule has 2 atom stereocenters. The van der Waals surface area contributed by atoms with Gasteiger partial charge >= 0.3 is 5.97 Å². The predicted octanol–water partition coefficient (Wildman–Crippen LogP) is 1.23. The lowest BCUT2D eigenvalue weighted by Gasteiger charge is -2.08. The lowest BCUT2D eigenvalue weighted by molar-refractivity contribution is -0.143. The topological polar surface area (TPSA) is 64.6 Å². The molecule has 0 aromatic heterocycles. The molecule has 100 valence electrons. The van der Waals surface area contributed by atoms with Gasteiger partial charge in [-0.2, -0.15) is 0 Å². The van der Waals surface area contributed by atoms with Crippen LogP contribution in [0.5, 0.6) is 0 Å². The number of esters is 1. The molecule has 0 aromatic rings. The maximum absolute atomic E-state index is 11.1. The van der Waals surface area contributed by atoms with Crippen molar-refractivity contribution in [3.63, 3.8) is 0 Å². The van der Waals surface area contributed by atoms with Crippen molar-refractivity contribution in [2.75, 3.05) is 26.4 Å². The van der Waals surface area contributed by atoms with E-state index in [-0.39, 0.29) is 28.1 Å². The second kappa shape index (κ2) is 9.85. The first-order valence-corrected chi connectivity index (χ1v) is 7.08. The first-order chi connectivity index (χ1) is 7.95. The van der Waals surface area contributed by atoms with Crippen LogP contribution in [0.2, 0.25) is 0 Å². The van der Waals surface area contributed by atoms with E-state index >= 15 is 0 Å². The number of hydrogen-bond donors (Lipinski definition) is 1. The van der Waals surface area contributed by atoms with E-state index in [0.29, 0.717) is 19.8 Å². The van der Waals surface area contributed by atoms with E-state index in [0.717, 1.165) is 0 Å². The third kappa shape index (κ3) is 9.55. The molecule has 17 heavy (non-hydrogen) atoms. The Morgan fingerprint density at radius 3 is 2.29 bits per heavy atom. The molecule has 0 saturated carbocycles. The third-order valence-electron chi connectivity index (χ3n) is 1.70. The minimum atomic E-state index is -0.310. The number of hydrogen-bond acceptors (Lipinski definition) is 4. The number of ether oxygens (including phenoxy) is 2. The molecule has 0 spiro atoms. The van der Waals surface area contributed by atoms with Crippen LogP contribution in [-0.4, -0.2) is 47.9 Å². The van der Waals surface area contributed by atoms with Crippen LogP contribution in [0.3, 0.4) is 0 Å². The average Bonchev–Trinajstić information content (AvgIpc) is 2.26. The molecule has 0 heterocycles. The number of carbonyl (C=O) groups is 2. The second-order valence-corrected chi connectivity index (χ2v) is 6.05. The van der Waals surface area contributed by atoms with Gasteiger partial charge in [-0.1, -0.05) is 31.9 Å². The van der Waals surface area contributed by atoms with Crippen LogP contribution in [0, 0.1) is 0 Å². The fourth-order valence-corrected chi connectivity index (χ4v) is 1.10. The summed E-state index contributed by atoms with van der Waals surface area (Å²) < 4.78 is 10.0. The fraction of sp³-hybridized carbons (Fsp3) is 0.800. The molecule has 0 fully saturated rings. The third-order valence-corrected chi connectivity index (χ3v) is 2.49. The smallest absolute Gasteiger partial charge is 0.319 e. The van der Waals surface area contributed by atoms with E-state index in [1.54, 1.807) is 13.8 Å². The van der Waals surface area contributed by atoms with Gasteiger partial charge in [0.25, 0.3) is 0 Å². The standard InChI is InChI=1S/C10H17Br2NO4/c1-7(11)9(14)13-3-4-16-5-6-17-10(15)8(2)12/h7-8H,3-6H2,1-2H3,(H,13,14). The highest BCUT2D eigenvalue weighted by Gasteiger charge is 2.09. The van der Waals surface area contributed by atoms with Crippen molar-refractivity contribution in [3.8, 4) is 0 Å². The normalized spacial score (nSPS) is 13.9. The van der Waals surface area contributed by atoms with E-state index in [9.17, 15) is 9.59 Å². The van der Waals surface area contributed by atoms with E-state index < -0.39 is 0 Å². The van der Waals surface area contributed by atoms with Crippen LogP contribution in [0.4, 0.5) is 0 Å². The minimum Gasteiger partial charge on any atom is -0.462 e. The zero-order valence-corrected chi connectivity index (χ0v) is 13.0. The van der Waals surface area contributed by atoms with Crippen molar-refractivity contribution in [1.29, 1.82) is 0 Å². The van der Waals surface area contributed by atoms with Gasteiger partial charge in [0.1, 0.15) is 11.4 Å². The Morgan fingerprint density at radius 2 is 1.76 bits per heavy atom. The molecule has 0 aliphatic heterocycles. The summed E-state index contributed by atoms with van der Waals surface area (Å²) in [5.41, 5.74) is 0. The number of halogens is 2. The van der Waals surface area contributed by atoms with E-state index in [1.807, 2.05) is 0 Å². The summed E-state index contributed by atoms with van der Waals surface area (Å²) in [5, 5.41) is 2.67. The number of rotatable bonds is 8. The summed E-state index contributed by atoms with van der Waals surface area (Å²) in [4.78, 5) is 21.6. The summed E-state index contributed by atoms with van der Waals surface area (Å²) in [7, 11) is 0. The molecule has 0 bridgehead atoms. The number of amides is 1. The fourth-order valence-electron chi connectivity index (χ4n) is 0.805. The van der Waals surface area contributed by atoms with Gasteiger partial charge in [0.2, 0.25) is 5.91 Å². The lowest BCUT2D eigenvalue weighted by atomic mass is 10.4. The SMILES string of the molecule is CC(Br)C(=O)NCCOCCOC(=O)C(C)Br. The molecular weight excluding hydrogens is 358 g/mol. The Morgan fingerprint density at radius 1 is 1.12 bits per heavy atom. The second-order valence-electron chi connectivity index (χ2n) is 3.30. The zero-order chi connectivity index (χ0) is 13.3. The maximum Gasteiger partial charge on any atom is 0.319 e. The molecule has 0 rings (SSSR count). The highest BCUT2D eigenvalue weighted by molar-refractivity contribution is 9.10. The number of nitrogens with one attached hydrogen (secondary N) is 1. The van der Waals surface area contributed by atoms with Crippen LogP contribution in [0.25, 0.3) is 0 Å². The number of alkyl halides is 2. The van der Waals surface area contributed by atoms with E-state index in [2.05, 4.69) is 37.2 Å². The van der Waals surface area contributed by atoms with Crippen LogP contribution in [-0.2, 0) is 19.1 Å². The Bertz CT molecular complexity index is 222. The molecule has 0 aliphatic rings. The average molecular weight is 375 g/mol. The van der Waals surface area contributed by atoms with Crippen molar-refractivity contribution < 1.29 is 19.1 Å². The summed E-state index contributed by atoms with van der Waals surface area (Å²) in [6, 6.07) is 0. The van der Waals surface area contributed by atoms with Crippen molar-refractivity contribution >= 4 is 43.7 Å². The molecule has 2 unspecified atom stereocenters. The van der Waals surface area contributed by atoms with Gasteiger partial charge < -0.3 is 14.8 Å². The predicted molar refractivity (Wildman–Crippen MR) is 71.6 cm³/mol. The Kier molecular flexibility index (Phi) is 9.76. The molecular formula is C10H17Br2NO4. The van der Waals surface area contributed by atoms with Gasteiger partial charge in [-0.05, 0) is 13.8 Å². The van der Waals surface area contributed by atoms with Crippen LogP contribution >= 0.6 is 31.9 Å². The van der Waals surface area contributed by atoms with Gasteiger partial charge in [-0.25, -0.2) is 0 Å². The van der Waals surface area contributed by atoms with Gasteiger partial charge in [0.15, 0.2) is 0 Å². The molecule has 1 amide bonds. The summed E-state index contributed by atoms with van der Waals surface area (Å²) in [6.07, 6.45) is 0. The van der Waals surface area contributed by atoms with Gasteiger partial charge in [0, 0.05) is 6.54 Å². The Labute approximate surface area is 118 Å².